The Balaban J connectivity index is 1.21. The number of amides is 1. The highest BCUT2D eigenvalue weighted by Gasteiger charge is 2.23. The fourth-order valence-corrected chi connectivity index (χ4v) is 3.79. The predicted molar refractivity (Wildman–Crippen MR) is 112 cm³/mol. The van der Waals surface area contributed by atoms with Crippen LogP contribution < -0.4 is 10.2 Å². The van der Waals surface area contributed by atoms with Crippen LogP contribution in [0.4, 0.5) is 14.5 Å². The second kappa shape index (κ2) is 9.11. The average Bonchev–Trinajstić information content (AvgIpc) is 3.41. The Morgan fingerprint density at radius 1 is 1.07 bits per heavy atom. The van der Waals surface area contributed by atoms with Crippen molar-refractivity contribution in [1.82, 2.24) is 5.32 Å². The number of nitrogens with zero attached hydrogens (tertiary/aromatic N) is 1. The van der Waals surface area contributed by atoms with Crippen molar-refractivity contribution in [1.29, 1.82) is 0 Å². The molecule has 1 atom stereocenters. The van der Waals surface area contributed by atoms with Gasteiger partial charge in [0.25, 0.3) is 0 Å². The van der Waals surface area contributed by atoms with Crippen LogP contribution >= 0.6 is 0 Å². The predicted octanol–water partition coefficient (Wildman–Crippen LogP) is 4.80. The van der Waals surface area contributed by atoms with Crippen molar-refractivity contribution in [3.05, 3.63) is 78.1 Å². The van der Waals surface area contributed by atoms with Crippen LogP contribution in [-0.4, -0.2) is 25.5 Å². The van der Waals surface area contributed by atoms with E-state index in [1.165, 1.54) is 18.2 Å². The van der Waals surface area contributed by atoms with Gasteiger partial charge in [-0.25, -0.2) is 8.78 Å². The van der Waals surface area contributed by atoms with Gasteiger partial charge in [-0.05, 0) is 60.9 Å². The normalized spacial score (nSPS) is 16.1. The van der Waals surface area contributed by atoms with Gasteiger partial charge in [0, 0.05) is 38.2 Å². The van der Waals surface area contributed by atoms with Crippen LogP contribution in [0.25, 0.3) is 11.3 Å². The van der Waals surface area contributed by atoms with E-state index in [1.54, 1.807) is 42.5 Å². The summed E-state index contributed by atoms with van der Waals surface area (Å²) in [6.45, 7) is 2.36. The third-order valence-electron chi connectivity index (χ3n) is 5.46. The Morgan fingerprint density at radius 2 is 1.87 bits per heavy atom. The molecule has 0 aliphatic carbocycles. The summed E-state index contributed by atoms with van der Waals surface area (Å²) >= 11 is 0. The van der Waals surface area contributed by atoms with Crippen molar-refractivity contribution in [2.45, 2.75) is 19.3 Å². The topological polar surface area (TPSA) is 45.5 Å². The summed E-state index contributed by atoms with van der Waals surface area (Å²) in [7, 11) is 0. The highest BCUT2D eigenvalue weighted by molar-refractivity contribution is 5.76. The molecule has 6 heteroatoms. The smallest absolute Gasteiger partial charge is 0.220 e. The lowest BCUT2D eigenvalue weighted by molar-refractivity contribution is -0.121. The van der Waals surface area contributed by atoms with Gasteiger partial charge in [-0.1, -0.05) is 12.1 Å². The average molecular weight is 410 g/mol. The highest BCUT2D eigenvalue weighted by Crippen LogP contribution is 2.26. The van der Waals surface area contributed by atoms with Crippen LogP contribution in [0, 0.1) is 17.6 Å². The molecule has 2 aromatic carbocycles. The first-order chi connectivity index (χ1) is 14.6. The van der Waals surface area contributed by atoms with E-state index < -0.39 is 0 Å². The number of hydrogen-bond acceptors (Lipinski definition) is 3. The zero-order valence-corrected chi connectivity index (χ0v) is 16.6. The molecule has 2 heterocycles. The second-order valence-corrected chi connectivity index (χ2v) is 7.63. The first kappa shape index (κ1) is 20.1. The van der Waals surface area contributed by atoms with E-state index in [0.29, 0.717) is 42.4 Å². The third kappa shape index (κ3) is 4.87. The molecule has 30 heavy (non-hydrogen) atoms. The van der Waals surface area contributed by atoms with Crippen molar-refractivity contribution in [2.75, 3.05) is 24.5 Å². The molecule has 3 aromatic rings. The molecular weight excluding hydrogens is 386 g/mol. The first-order valence-corrected chi connectivity index (χ1v) is 10.2. The summed E-state index contributed by atoms with van der Waals surface area (Å²) in [6, 6.07) is 16.5. The van der Waals surface area contributed by atoms with Gasteiger partial charge in [-0.3, -0.25) is 4.79 Å². The minimum atomic E-state index is -0.331. The lowest BCUT2D eigenvalue weighted by Gasteiger charge is -2.18. The number of carbonyl (C=O) groups excluding carboxylic acids is 1. The molecule has 0 bridgehead atoms. The molecule has 1 aliphatic rings. The van der Waals surface area contributed by atoms with Crippen LogP contribution in [0.1, 0.15) is 18.6 Å². The zero-order valence-electron chi connectivity index (χ0n) is 16.6. The number of hydrogen-bond donors (Lipinski definition) is 1. The SMILES string of the molecule is O=C(CCc1ccc(-c2ccccc2F)o1)NCC1CCN(c2ccc(F)cc2)C1. The molecule has 1 unspecified atom stereocenters. The van der Waals surface area contributed by atoms with Gasteiger partial charge >= 0.3 is 0 Å². The molecule has 0 saturated carbocycles. The summed E-state index contributed by atoms with van der Waals surface area (Å²) in [5.74, 6) is 0.901. The maximum Gasteiger partial charge on any atom is 0.220 e. The van der Waals surface area contributed by atoms with Crippen molar-refractivity contribution >= 4 is 11.6 Å². The number of nitrogens with one attached hydrogen (secondary N) is 1. The molecule has 1 N–H and O–H groups in total. The summed E-state index contributed by atoms with van der Waals surface area (Å²) in [4.78, 5) is 14.4. The van der Waals surface area contributed by atoms with Gasteiger partial charge in [0.05, 0.1) is 5.56 Å². The monoisotopic (exact) mass is 410 g/mol. The summed E-state index contributed by atoms with van der Waals surface area (Å²) in [5, 5.41) is 3.00. The maximum atomic E-state index is 13.9. The third-order valence-corrected chi connectivity index (χ3v) is 5.46. The zero-order chi connectivity index (χ0) is 20.9. The minimum absolute atomic E-state index is 0.0286. The van der Waals surface area contributed by atoms with Crippen LogP contribution in [-0.2, 0) is 11.2 Å². The number of benzene rings is 2. The molecule has 1 aromatic heterocycles. The van der Waals surface area contributed by atoms with Gasteiger partial charge in [0.2, 0.25) is 5.91 Å². The Bertz CT molecular complexity index is 1000. The Morgan fingerprint density at radius 3 is 2.67 bits per heavy atom. The minimum Gasteiger partial charge on any atom is -0.461 e. The van der Waals surface area contributed by atoms with Crippen molar-refractivity contribution in [3.8, 4) is 11.3 Å². The van der Waals surface area contributed by atoms with E-state index in [1.807, 2.05) is 0 Å². The van der Waals surface area contributed by atoms with Crippen molar-refractivity contribution in [3.63, 3.8) is 0 Å². The number of carbonyl (C=O) groups is 1. The van der Waals surface area contributed by atoms with E-state index in [0.717, 1.165) is 25.2 Å². The van der Waals surface area contributed by atoms with Gasteiger partial charge in [0.15, 0.2) is 0 Å². The maximum absolute atomic E-state index is 13.9. The fourth-order valence-electron chi connectivity index (χ4n) is 3.79. The molecule has 4 nitrogen and oxygen atoms in total. The number of rotatable bonds is 7. The van der Waals surface area contributed by atoms with Gasteiger partial charge in [-0.15, -0.1) is 0 Å². The van der Waals surface area contributed by atoms with Gasteiger partial charge < -0.3 is 14.6 Å². The Labute approximate surface area is 174 Å². The van der Waals surface area contributed by atoms with E-state index in [2.05, 4.69) is 10.2 Å². The number of aryl methyl sites for hydroxylation is 1. The highest BCUT2D eigenvalue weighted by atomic mass is 19.1. The number of anilines is 1. The van der Waals surface area contributed by atoms with E-state index >= 15 is 0 Å². The Hall–Kier alpha value is -3.15. The van der Waals surface area contributed by atoms with Crippen LogP contribution in [0.15, 0.2) is 65.1 Å². The molecule has 1 amide bonds. The molecule has 1 saturated heterocycles. The summed E-state index contributed by atoms with van der Waals surface area (Å²) in [6.07, 6.45) is 1.77. The first-order valence-electron chi connectivity index (χ1n) is 10.2. The largest absolute Gasteiger partial charge is 0.461 e. The molecule has 1 aliphatic heterocycles. The van der Waals surface area contributed by atoms with Crippen molar-refractivity contribution < 1.29 is 18.0 Å². The lowest BCUT2D eigenvalue weighted by atomic mass is 10.1. The van der Waals surface area contributed by atoms with Crippen molar-refractivity contribution in [2.24, 2.45) is 5.92 Å². The number of halogens is 2. The van der Waals surface area contributed by atoms with E-state index in [9.17, 15) is 13.6 Å². The summed E-state index contributed by atoms with van der Waals surface area (Å²) in [5.41, 5.74) is 1.42. The fraction of sp³-hybridized carbons (Fsp3) is 0.292. The van der Waals surface area contributed by atoms with Gasteiger partial charge in [-0.2, -0.15) is 0 Å². The van der Waals surface area contributed by atoms with Crippen LogP contribution in [0.2, 0.25) is 0 Å². The molecule has 1 fully saturated rings. The molecule has 0 spiro atoms. The van der Waals surface area contributed by atoms with Crippen LogP contribution in [0.3, 0.4) is 0 Å². The lowest BCUT2D eigenvalue weighted by Crippen LogP contribution is -2.31. The number of furan rings is 1. The standard InChI is InChI=1S/C24H24F2N2O2/c25-18-5-7-19(8-6-18)28-14-13-17(16-28)15-27-24(29)12-10-20-9-11-23(30-20)21-3-1-2-4-22(21)26/h1-9,11,17H,10,12-16H2,(H,27,29). The molecular formula is C24H24F2N2O2. The van der Waals surface area contributed by atoms with E-state index in [4.69, 9.17) is 4.42 Å². The quantitative estimate of drug-likeness (QED) is 0.609. The van der Waals surface area contributed by atoms with E-state index in [-0.39, 0.29) is 17.5 Å². The summed E-state index contributed by atoms with van der Waals surface area (Å²) < 4.78 is 32.6. The Kier molecular flexibility index (Phi) is 6.12. The molecule has 4 rings (SSSR count). The second-order valence-electron chi connectivity index (χ2n) is 7.63. The van der Waals surface area contributed by atoms with Crippen LogP contribution in [0.5, 0.6) is 0 Å². The molecule has 0 radical (unpaired) electrons. The van der Waals surface area contributed by atoms with Gasteiger partial charge in [0.1, 0.15) is 23.2 Å². The molecule has 156 valence electrons.